The summed E-state index contributed by atoms with van der Waals surface area (Å²) in [5.74, 6) is 1.83. The number of nitrogens with zero attached hydrogens (tertiary/aromatic N) is 2. The van der Waals surface area contributed by atoms with E-state index in [0.29, 0.717) is 6.54 Å². The summed E-state index contributed by atoms with van der Waals surface area (Å²) in [7, 11) is 3.66. The second-order valence-electron chi connectivity index (χ2n) is 3.99. The third kappa shape index (κ3) is 2.42. The molecule has 2 N–H and O–H groups in total. The number of aromatic nitrogens is 2. The molecule has 1 heterocycles. The highest BCUT2D eigenvalue weighted by Gasteiger charge is 2.13. The van der Waals surface area contributed by atoms with Gasteiger partial charge in [0.2, 0.25) is 0 Å². The summed E-state index contributed by atoms with van der Waals surface area (Å²) in [6.45, 7) is 0.597. The minimum atomic E-state index is 0.597. The van der Waals surface area contributed by atoms with E-state index in [1.807, 2.05) is 31.3 Å². The zero-order valence-electron chi connectivity index (χ0n) is 10.5. The fraction of sp³-hybridized carbons (Fsp3) is 0.308. The number of methoxy groups -OCH3 is 1. The zero-order valence-corrected chi connectivity index (χ0v) is 12.1. The van der Waals surface area contributed by atoms with Crippen LogP contribution in [0.2, 0.25) is 0 Å². The Hall–Kier alpha value is -1.33. The van der Waals surface area contributed by atoms with Crippen molar-refractivity contribution in [2.45, 2.75) is 6.42 Å². The Labute approximate surface area is 115 Å². The molecule has 0 bridgehead atoms. The first-order valence-electron chi connectivity index (χ1n) is 5.73. The van der Waals surface area contributed by atoms with Crippen molar-refractivity contribution in [2.75, 3.05) is 13.7 Å². The van der Waals surface area contributed by atoms with Crippen LogP contribution in [0.1, 0.15) is 5.82 Å². The van der Waals surface area contributed by atoms with Gasteiger partial charge < -0.3 is 15.0 Å². The molecule has 18 heavy (non-hydrogen) atoms. The van der Waals surface area contributed by atoms with Crippen LogP contribution in [0.15, 0.2) is 28.9 Å². The quantitative estimate of drug-likeness (QED) is 0.943. The largest absolute Gasteiger partial charge is 0.497 e. The Kier molecular flexibility index (Phi) is 4.04. The third-order valence-corrected chi connectivity index (χ3v) is 3.43. The van der Waals surface area contributed by atoms with Gasteiger partial charge in [-0.3, -0.25) is 0 Å². The minimum Gasteiger partial charge on any atom is -0.497 e. The summed E-state index contributed by atoms with van der Waals surface area (Å²) >= 11 is 3.51. The van der Waals surface area contributed by atoms with E-state index in [2.05, 4.69) is 25.5 Å². The van der Waals surface area contributed by atoms with Gasteiger partial charge in [0.1, 0.15) is 16.2 Å². The standard InChI is InChI=1S/C13H16BrN3O/c1-17-11(7-8-15)16-13(14)12(17)9-3-5-10(18-2)6-4-9/h3-6H,7-8,15H2,1-2H3. The summed E-state index contributed by atoms with van der Waals surface area (Å²) in [4.78, 5) is 4.49. The van der Waals surface area contributed by atoms with Crippen LogP contribution in [0, 0.1) is 0 Å². The molecule has 0 aliphatic carbocycles. The number of rotatable bonds is 4. The summed E-state index contributed by atoms with van der Waals surface area (Å²) in [6, 6.07) is 7.93. The van der Waals surface area contributed by atoms with Gasteiger partial charge in [-0.1, -0.05) is 0 Å². The number of hydrogen-bond acceptors (Lipinski definition) is 3. The zero-order chi connectivity index (χ0) is 13.1. The van der Waals surface area contributed by atoms with Crippen LogP contribution in [0.25, 0.3) is 11.3 Å². The molecule has 2 aromatic rings. The van der Waals surface area contributed by atoms with Gasteiger partial charge in [0.25, 0.3) is 0 Å². The highest BCUT2D eigenvalue weighted by molar-refractivity contribution is 9.10. The number of nitrogens with two attached hydrogens (primary N) is 1. The van der Waals surface area contributed by atoms with Crippen molar-refractivity contribution in [3.05, 3.63) is 34.7 Å². The molecule has 0 fully saturated rings. The highest BCUT2D eigenvalue weighted by Crippen LogP contribution is 2.29. The van der Waals surface area contributed by atoms with E-state index in [0.717, 1.165) is 33.9 Å². The molecule has 4 nitrogen and oxygen atoms in total. The predicted octanol–water partition coefficient (Wildman–Crippen LogP) is 2.36. The van der Waals surface area contributed by atoms with Crippen LogP contribution in [0.4, 0.5) is 0 Å². The summed E-state index contributed by atoms with van der Waals surface area (Å²) < 4.78 is 8.07. The van der Waals surface area contributed by atoms with Gasteiger partial charge in [-0.25, -0.2) is 4.98 Å². The monoisotopic (exact) mass is 309 g/mol. The van der Waals surface area contributed by atoms with Gasteiger partial charge in [-0.05, 0) is 46.7 Å². The Morgan fingerprint density at radius 3 is 2.56 bits per heavy atom. The van der Waals surface area contributed by atoms with E-state index < -0.39 is 0 Å². The molecule has 0 unspecified atom stereocenters. The van der Waals surface area contributed by atoms with Crippen LogP contribution < -0.4 is 10.5 Å². The van der Waals surface area contributed by atoms with Crippen molar-refractivity contribution < 1.29 is 4.74 Å². The van der Waals surface area contributed by atoms with Crippen molar-refractivity contribution in [2.24, 2.45) is 12.8 Å². The SMILES string of the molecule is COc1ccc(-c2c(Br)nc(CCN)n2C)cc1. The minimum absolute atomic E-state index is 0.597. The smallest absolute Gasteiger partial charge is 0.132 e. The van der Waals surface area contributed by atoms with Gasteiger partial charge in [-0.2, -0.15) is 0 Å². The molecule has 0 aliphatic heterocycles. The number of imidazole rings is 1. The lowest BCUT2D eigenvalue weighted by Crippen LogP contribution is -2.08. The second kappa shape index (κ2) is 5.54. The van der Waals surface area contributed by atoms with Gasteiger partial charge in [0.05, 0.1) is 12.8 Å². The van der Waals surface area contributed by atoms with Crippen LogP contribution in [-0.4, -0.2) is 23.2 Å². The first kappa shape index (κ1) is 13.1. The van der Waals surface area contributed by atoms with Crippen molar-refractivity contribution in [1.29, 1.82) is 0 Å². The molecule has 0 saturated heterocycles. The van der Waals surface area contributed by atoms with Crippen LogP contribution in [-0.2, 0) is 13.5 Å². The maximum absolute atomic E-state index is 5.58. The molecule has 0 saturated carbocycles. The molecule has 2 rings (SSSR count). The number of benzene rings is 1. The average molecular weight is 310 g/mol. The Bertz CT molecular complexity index is 534. The second-order valence-corrected chi connectivity index (χ2v) is 4.74. The van der Waals surface area contributed by atoms with E-state index in [4.69, 9.17) is 10.5 Å². The van der Waals surface area contributed by atoms with E-state index >= 15 is 0 Å². The maximum Gasteiger partial charge on any atom is 0.132 e. The van der Waals surface area contributed by atoms with Crippen molar-refractivity contribution in [3.63, 3.8) is 0 Å². The van der Waals surface area contributed by atoms with Gasteiger partial charge in [0, 0.05) is 19.0 Å². The molecular weight excluding hydrogens is 294 g/mol. The fourth-order valence-corrected chi connectivity index (χ4v) is 2.62. The summed E-state index contributed by atoms with van der Waals surface area (Å²) in [6.07, 6.45) is 0.769. The first-order chi connectivity index (χ1) is 8.67. The van der Waals surface area contributed by atoms with Crippen LogP contribution in [0.3, 0.4) is 0 Å². The number of hydrogen-bond donors (Lipinski definition) is 1. The lowest BCUT2D eigenvalue weighted by molar-refractivity contribution is 0.415. The summed E-state index contributed by atoms with van der Waals surface area (Å²) in [5.41, 5.74) is 7.73. The molecule has 1 aromatic heterocycles. The molecule has 0 radical (unpaired) electrons. The van der Waals surface area contributed by atoms with Gasteiger partial charge >= 0.3 is 0 Å². The molecule has 0 spiro atoms. The van der Waals surface area contributed by atoms with Crippen LogP contribution in [0.5, 0.6) is 5.75 Å². The first-order valence-corrected chi connectivity index (χ1v) is 6.52. The van der Waals surface area contributed by atoms with E-state index in [1.54, 1.807) is 7.11 Å². The van der Waals surface area contributed by atoms with Gasteiger partial charge in [-0.15, -0.1) is 0 Å². The number of ether oxygens (including phenoxy) is 1. The maximum atomic E-state index is 5.58. The molecular formula is C13H16BrN3O. The molecule has 1 aromatic carbocycles. The van der Waals surface area contributed by atoms with Crippen LogP contribution >= 0.6 is 15.9 Å². The molecule has 0 amide bonds. The van der Waals surface area contributed by atoms with E-state index in [-0.39, 0.29) is 0 Å². The Morgan fingerprint density at radius 1 is 1.33 bits per heavy atom. The molecule has 0 aliphatic rings. The van der Waals surface area contributed by atoms with E-state index in [9.17, 15) is 0 Å². The topological polar surface area (TPSA) is 53.1 Å². The van der Waals surface area contributed by atoms with Crippen molar-refractivity contribution in [1.82, 2.24) is 9.55 Å². The van der Waals surface area contributed by atoms with Crippen molar-refractivity contribution in [3.8, 4) is 17.0 Å². The fourth-order valence-electron chi connectivity index (χ4n) is 1.92. The highest BCUT2D eigenvalue weighted by atomic mass is 79.9. The number of halogens is 1. The molecule has 96 valence electrons. The molecule has 5 heteroatoms. The van der Waals surface area contributed by atoms with E-state index in [1.165, 1.54) is 0 Å². The Morgan fingerprint density at radius 2 is 2.00 bits per heavy atom. The normalized spacial score (nSPS) is 10.7. The summed E-state index contributed by atoms with van der Waals surface area (Å²) in [5, 5.41) is 0. The third-order valence-electron chi connectivity index (χ3n) is 2.88. The molecule has 0 atom stereocenters. The lowest BCUT2D eigenvalue weighted by atomic mass is 10.1. The Balaban J connectivity index is 2.43. The average Bonchev–Trinajstić information content (AvgIpc) is 2.65. The van der Waals surface area contributed by atoms with Crippen molar-refractivity contribution >= 4 is 15.9 Å². The van der Waals surface area contributed by atoms with Gasteiger partial charge in [0.15, 0.2) is 0 Å². The lowest BCUT2D eigenvalue weighted by Gasteiger charge is -2.07. The predicted molar refractivity (Wildman–Crippen MR) is 75.7 cm³/mol.